The number of fused-ring (bicyclic) bond motifs is 1. The Bertz CT molecular complexity index is 901. The summed E-state index contributed by atoms with van der Waals surface area (Å²) < 4.78 is 64.1. The van der Waals surface area contributed by atoms with Crippen LogP contribution < -0.4 is 9.47 Å². The molecule has 1 aromatic rings. The number of halogens is 3. The molecule has 2 bridgehead atoms. The van der Waals surface area contributed by atoms with Crippen molar-refractivity contribution >= 4 is 0 Å². The van der Waals surface area contributed by atoms with Crippen molar-refractivity contribution in [3.8, 4) is 11.5 Å². The monoisotopic (exact) mass is 427 g/mol. The second-order valence-corrected chi connectivity index (χ2v) is 9.09. The van der Waals surface area contributed by atoms with Gasteiger partial charge in [-0.25, -0.2) is 0 Å². The molecule has 5 aliphatic rings. The molecule has 6 rings (SSSR count). The van der Waals surface area contributed by atoms with E-state index in [2.05, 4.69) is 0 Å². The highest BCUT2D eigenvalue weighted by Gasteiger charge is 2.77. The lowest BCUT2D eigenvalue weighted by atomic mass is 9.48. The average Bonchev–Trinajstić information content (AvgIpc) is 3.29. The van der Waals surface area contributed by atoms with Crippen molar-refractivity contribution in [1.29, 1.82) is 0 Å². The second kappa shape index (κ2) is 5.82. The lowest BCUT2D eigenvalue weighted by molar-refractivity contribution is -0.300. The summed E-state index contributed by atoms with van der Waals surface area (Å²) in [5.41, 5.74) is -0.480. The number of hydrogen-bond acceptors (Lipinski definition) is 6. The van der Waals surface area contributed by atoms with Crippen molar-refractivity contribution in [2.75, 3.05) is 33.4 Å². The number of alkyl halides is 3. The standard InChI is InChI=1S/C21H24F3NO5/c1-27-13-3-2-12-10-14-19(26)4-5-20(28-8-9-29-20)17-18(19,15(12)16(13)30-17)6-7-25(14)11-21(22,23)24/h2-3,14,17,26H,4-11H2,1H3/t14-,17-,18+,19-/m1/s1. The summed E-state index contributed by atoms with van der Waals surface area (Å²) in [7, 11) is 1.56. The van der Waals surface area contributed by atoms with Gasteiger partial charge < -0.3 is 24.1 Å². The third-order valence-electron chi connectivity index (χ3n) is 7.94. The molecule has 3 fully saturated rings. The maximum atomic E-state index is 13.3. The smallest absolute Gasteiger partial charge is 0.401 e. The number of hydrogen-bond donors (Lipinski definition) is 1. The number of nitrogens with zero attached hydrogens (tertiary/aromatic N) is 1. The molecule has 1 aromatic carbocycles. The van der Waals surface area contributed by atoms with Gasteiger partial charge in [0.2, 0.25) is 5.79 Å². The molecule has 30 heavy (non-hydrogen) atoms. The quantitative estimate of drug-likeness (QED) is 0.781. The van der Waals surface area contributed by atoms with Gasteiger partial charge in [0.25, 0.3) is 0 Å². The Labute approximate surface area is 171 Å². The predicted octanol–water partition coefficient (Wildman–Crippen LogP) is 2.15. The molecule has 0 radical (unpaired) electrons. The van der Waals surface area contributed by atoms with Gasteiger partial charge in [0.05, 0.1) is 37.9 Å². The Kier molecular flexibility index (Phi) is 3.72. The van der Waals surface area contributed by atoms with E-state index in [1.54, 1.807) is 13.2 Å². The van der Waals surface area contributed by atoms with Crippen molar-refractivity contribution in [3.05, 3.63) is 23.3 Å². The molecule has 6 nitrogen and oxygen atoms in total. The van der Waals surface area contributed by atoms with Crippen LogP contribution in [0.5, 0.6) is 11.5 Å². The lowest BCUT2D eigenvalue weighted by Crippen LogP contribution is -2.79. The highest BCUT2D eigenvalue weighted by atomic mass is 19.4. The van der Waals surface area contributed by atoms with E-state index in [0.29, 0.717) is 50.4 Å². The van der Waals surface area contributed by atoms with Crippen molar-refractivity contribution < 1.29 is 37.2 Å². The first kappa shape index (κ1) is 19.2. The zero-order chi connectivity index (χ0) is 20.9. The number of ether oxygens (including phenoxy) is 4. The molecule has 4 atom stereocenters. The number of piperidine rings is 1. The first-order valence-electron chi connectivity index (χ1n) is 10.4. The maximum absolute atomic E-state index is 13.3. The molecule has 3 heterocycles. The van der Waals surface area contributed by atoms with Crippen LogP contribution in [0.25, 0.3) is 0 Å². The highest BCUT2D eigenvalue weighted by molar-refractivity contribution is 5.63. The van der Waals surface area contributed by atoms with Crippen molar-refractivity contribution in [2.45, 2.75) is 60.8 Å². The van der Waals surface area contributed by atoms with Gasteiger partial charge in [-0.15, -0.1) is 0 Å². The number of likely N-dealkylation sites (tertiary alicyclic amines) is 1. The molecule has 2 saturated heterocycles. The first-order valence-corrected chi connectivity index (χ1v) is 10.4. The number of methoxy groups -OCH3 is 1. The van der Waals surface area contributed by atoms with Crippen LogP contribution in [0.1, 0.15) is 30.4 Å². The second-order valence-electron chi connectivity index (χ2n) is 9.09. The van der Waals surface area contributed by atoms with Gasteiger partial charge in [-0.1, -0.05) is 6.07 Å². The molecule has 2 spiro atoms. The van der Waals surface area contributed by atoms with Crippen LogP contribution in [0.15, 0.2) is 12.1 Å². The van der Waals surface area contributed by atoms with E-state index in [4.69, 9.17) is 18.9 Å². The van der Waals surface area contributed by atoms with E-state index in [9.17, 15) is 18.3 Å². The van der Waals surface area contributed by atoms with Crippen LogP contribution in [-0.2, 0) is 21.3 Å². The highest BCUT2D eigenvalue weighted by Crippen LogP contribution is 2.68. The molecule has 0 amide bonds. The van der Waals surface area contributed by atoms with E-state index < -0.39 is 41.7 Å². The molecule has 2 aliphatic carbocycles. The summed E-state index contributed by atoms with van der Waals surface area (Å²) in [6, 6.07) is 3.04. The van der Waals surface area contributed by atoms with E-state index in [-0.39, 0.29) is 6.54 Å². The fourth-order valence-electron chi connectivity index (χ4n) is 6.92. The van der Waals surface area contributed by atoms with Gasteiger partial charge in [0.15, 0.2) is 17.6 Å². The molecular weight excluding hydrogens is 403 g/mol. The number of rotatable bonds is 2. The molecule has 3 aliphatic heterocycles. The van der Waals surface area contributed by atoms with Crippen LogP contribution in [-0.4, -0.2) is 73.1 Å². The van der Waals surface area contributed by atoms with Gasteiger partial charge in [0, 0.05) is 24.6 Å². The minimum absolute atomic E-state index is 0.221. The Morgan fingerprint density at radius 1 is 1.20 bits per heavy atom. The van der Waals surface area contributed by atoms with Crippen LogP contribution in [0, 0.1) is 0 Å². The predicted molar refractivity (Wildman–Crippen MR) is 97.6 cm³/mol. The maximum Gasteiger partial charge on any atom is 0.401 e. The third-order valence-corrected chi connectivity index (χ3v) is 7.94. The summed E-state index contributed by atoms with van der Waals surface area (Å²) in [6.45, 7) is 0.0489. The molecule has 9 heteroatoms. The SMILES string of the molecule is COc1ccc2c3c1O[C@H]1C4(CC[C@@]5(O)[C@@H](C2)N(CC(F)(F)F)CC[C@]315)OCCO4. The lowest BCUT2D eigenvalue weighted by Gasteiger charge is -2.65. The van der Waals surface area contributed by atoms with Gasteiger partial charge in [-0.3, -0.25) is 4.90 Å². The first-order chi connectivity index (χ1) is 14.2. The van der Waals surface area contributed by atoms with Crippen molar-refractivity contribution in [1.82, 2.24) is 4.90 Å². The molecule has 0 unspecified atom stereocenters. The fraction of sp³-hybridized carbons (Fsp3) is 0.714. The summed E-state index contributed by atoms with van der Waals surface area (Å²) >= 11 is 0. The summed E-state index contributed by atoms with van der Waals surface area (Å²) in [6.07, 6.45) is -3.62. The Morgan fingerprint density at radius 2 is 1.97 bits per heavy atom. The molecule has 1 saturated carbocycles. The van der Waals surface area contributed by atoms with E-state index in [1.165, 1.54) is 4.90 Å². The fourth-order valence-corrected chi connectivity index (χ4v) is 6.92. The molecule has 0 aromatic heterocycles. The minimum atomic E-state index is -4.33. The average molecular weight is 427 g/mol. The van der Waals surface area contributed by atoms with Crippen LogP contribution in [0.3, 0.4) is 0 Å². The zero-order valence-electron chi connectivity index (χ0n) is 16.6. The van der Waals surface area contributed by atoms with Crippen LogP contribution in [0.4, 0.5) is 13.2 Å². The molecular formula is C21H24F3NO5. The van der Waals surface area contributed by atoms with Gasteiger partial charge in [-0.05, 0) is 30.9 Å². The Hall–Kier alpha value is -1.55. The topological polar surface area (TPSA) is 60.4 Å². The van der Waals surface area contributed by atoms with Crippen molar-refractivity contribution in [3.63, 3.8) is 0 Å². The number of aliphatic hydroxyl groups is 1. The minimum Gasteiger partial charge on any atom is -0.493 e. The molecule has 164 valence electrons. The molecule has 1 N–H and O–H groups in total. The van der Waals surface area contributed by atoms with Crippen molar-refractivity contribution in [2.24, 2.45) is 0 Å². The van der Waals surface area contributed by atoms with Gasteiger partial charge in [0.1, 0.15) is 0 Å². The largest absolute Gasteiger partial charge is 0.493 e. The Morgan fingerprint density at radius 3 is 2.67 bits per heavy atom. The third kappa shape index (κ3) is 2.14. The Balaban J connectivity index is 1.56. The van der Waals surface area contributed by atoms with E-state index in [1.807, 2.05) is 6.07 Å². The van der Waals surface area contributed by atoms with Gasteiger partial charge >= 0.3 is 6.18 Å². The summed E-state index contributed by atoms with van der Waals surface area (Å²) in [5.74, 6) is 0.132. The normalized spacial score (nSPS) is 38.4. The van der Waals surface area contributed by atoms with Crippen LogP contribution in [0.2, 0.25) is 0 Å². The van der Waals surface area contributed by atoms with Crippen LogP contribution >= 0.6 is 0 Å². The zero-order valence-corrected chi connectivity index (χ0v) is 16.6. The summed E-state index contributed by atoms with van der Waals surface area (Å²) in [4.78, 5) is 1.40. The van der Waals surface area contributed by atoms with Gasteiger partial charge in [-0.2, -0.15) is 13.2 Å². The number of benzene rings is 1. The summed E-state index contributed by atoms with van der Waals surface area (Å²) in [5, 5.41) is 12.1. The van der Waals surface area contributed by atoms with E-state index >= 15 is 0 Å². The van der Waals surface area contributed by atoms with E-state index in [0.717, 1.165) is 11.1 Å².